The molecule has 5 nitrogen and oxygen atoms in total. The molecule has 0 radical (unpaired) electrons. The number of hydrogen-bond acceptors (Lipinski definition) is 4. The van der Waals surface area contributed by atoms with Gasteiger partial charge in [0.15, 0.2) is 5.76 Å². The molecule has 0 saturated carbocycles. The van der Waals surface area contributed by atoms with Crippen LogP contribution in [0.1, 0.15) is 48.9 Å². The third kappa shape index (κ3) is 3.17. The summed E-state index contributed by atoms with van der Waals surface area (Å²) in [5.41, 5.74) is 0. The fourth-order valence-electron chi connectivity index (χ4n) is 2.53. The van der Waals surface area contributed by atoms with Crippen molar-refractivity contribution in [2.24, 2.45) is 0 Å². The highest BCUT2D eigenvalue weighted by atomic mass is 35.7. The molecule has 0 aliphatic carbocycles. The summed E-state index contributed by atoms with van der Waals surface area (Å²) < 4.78 is 28.0. The number of carbonyl (C=O) groups excluding carboxylic acids is 1. The van der Waals surface area contributed by atoms with Crippen LogP contribution in [0.25, 0.3) is 0 Å². The van der Waals surface area contributed by atoms with Gasteiger partial charge < -0.3 is 9.32 Å². The Morgan fingerprint density at radius 1 is 1.40 bits per heavy atom. The summed E-state index contributed by atoms with van der Waals surface area (Å²) in [6.45, 7) is 4.15. The highest BCUT2D eigenvalue weighted by molar-refractivity contribution is 8.13. The first-order valence-corrected chi connectivity index (χ1v) is 8.97. The molecule has 7 heteroatoms. The zero-order valence-corrected chi connectivity index (χ0v) is 13.1. The van der Waals surface area contributed by atoms with E-state index >= 15 is 0 Å². The summed E-state index contributed by atoms with van der Waals surface area (Å²) in [6, 6.07) is 1.35. The topological polar surface area (TPSA) is 67.6 Å². The van der Waals surface area contributed by atoms with Crippen LogP contribution in [0.5, 0.6) is 0 Å². The van der Waals surface area contributed by atoms with Gasteiger partial charge in [0.2, 0.25) is 0 Å². The Kier molecular flexibility index (Phi) is 4.44. The SMILES string of the molecule is Cc1oc(C(=O)N2CCCCCC2C)cc1S(=O)(=O)Cl. The summed E-state index contributed by atoms with van der Waals surface area (Å²) in [5.74, 6) is -0.0876. The Labute approximate surface area is 123 Å². The van der Waals surface area contributed by atoms with Gasteiger partial charge in [0.1, 0.15) is 10.7 Å². The number of aryl methyl sites for hydroxylation is 1. The molecule has 1 aliphatic heterocycles. The van der Waals surface area contributed by atoms with Crippen molar-refractivity contribution in [1.82, 2.24) is 4.90 Å². The van der Waals surface area contributed by atoms with Crippen LogP contribution >= 0.6 is 10.7 Å². The lowest BCUT2D eigenvalue weighted by molar-refractivity contribution is 0.0664. The Balaban J connectivity index is 2.29. The number of hydrogen-bond donors (Lipinski definition) is 0. The summed E-state index contributed by atoms with van der Waals surface area (Å²) in [6.07, 6.45) is 4.11. The second-order valence-electron chi connectivity index (χ2n) is 5.17. The third-order valence-electron chi connectivity index (χ3n) is 3.66. The summed E-state index contributed by atoms with van der Waals surface area (Å²) >= 11 is 0. The normalized spacial score (nSPS) is 20.8. The molecule has 1 saturated heterocycles. The molecule has 2 rings (SSSR count). The molecule has 1 aromatic heterocycles. The molecule has 1 amide bonds. The van der Waals surface area contributed by atoms with Gasteiger partial charge in [-0.2, -0.15) is 0 Å². The van der Waals surface area contributed by atoms with Gasteiger partial charge in [-0.15, -0.1) is 0 Å². The minimum atomic E-state index is -3.89. The predicted molar refractivity (Wildman–Crippen MR) is 75.5 cm³/mol. The summed E-state index contributed by atoms with van der Waals surface area (Å²) in [4.78, 5) is 14.1. The lowest BCUT2D eigenvalue weighted by Gasteiger charge is -2.26. The molecule has 1 aromatic rings. The molecular formula is C13H18ClNO4S. The Bertz CT molecular complexity index is 608. The molecule has 0 aromatic carbocycles. The minimum Gasteiger partial charge on any atom is -0.455 e. The molecule has 2 heterocycles. The van der Waals surface area contributed by atoms with Gasteiger partial charge in [0, 0.05) is 29.3 Å². The van der Waals surface area contributed by atoms with E-state index in [9.17, 15) is 13.2 Å². The average Bonchev–Trinajstić information content (AvgIpc) is 2.62. The second kappa shape index (κ2) is 5.77. The van der Waals surface area contributed by atoms with Crippen molar-refractivity contribution in [1.29, 1.82) is 0 Å². The van der Waals surface area contributed by atoms with Gasteiger partial charge in [0.05, 0.1) is 0 Å². The number of nitrogens with zero attached hydrogens (tertiary/aromatic N) is 1. The van der Waals surface area contributed by atoms with Crippen LogP contribution in [-0.4, -0.2) is 31.8 Å². The van der Waals surface area contributed by atoms with Crippen LogP contribution < -0.4 is 0 Å². The van der Waals surface area contributed by atoms with Gasteiger partial charge in [-0.3, -0.25) is 4.79 Å². The standard InChI is InChI=1S/C13H18ClNO4S/c1-9-6-4-3-5-7-15(9)13(16)11-8-12(10(2)19-11)20(14,17)18/h8-9H,3-7H2,1-2H3. The summed E-state index contributed by atoms with van der Waals surface area (Å²) in [5, 5.41) is 0. The first kappa shape index (κ1) is 15.4. The van der Waals surface area contributed by atoms with E-state index < -0.39 is 9.05 Å². The quantitative estimate of drug-likeness (QED) is 0.786. The van der Waals surface area contributed by atoms with Crippen LogP contribution in [0.15, 0.2) is 15.4 Å². The fourth-order valence-corrected chi connectivity index (χ4v) is 3.62. The van der Waals surface area contributed by atoms with Crippen molar-refractivity contribution in [3.8, 4) is 0 Å². The summed E-state index contributed by atoms with van der Waals surface area (Å²) in [7, 11) is 1.42. The van der Waals surface area contributed by atoms with E-state index in [0.29, 0.717) is 6.54 Å². The first-order chi connectivity index (χ1) is 9.30. The molecule has 0 bridgehead atoms. The molecule has 112 valence electrons. The van der Waals surface area contributed by atoms with E-state index in [-0.39, 0.29) is 28.4 Å². The smallest absolute Gasteiger partial charge is 0.289 e. The van der Waals surface area contributed by atoms with E-state index in [4.69, 9.17) is 15.1 Å². The molecule has 1 fully saturated rings. The predicted octanol–water partition coefficient (Wildman–Crippen LogP) is 2.92. The zero-order valence-electron chi connectivity index (χ0n) is 11.6. The number of rotatable bonds is 2. The van der Waals surface area contributed by atoms with Crippen LogP contribution in [0.2, 0.25) is 0 Å². The van der Waals surface area contributed by atoms with E-state index in [2.05, 4.69) is 0 Å². The number of carbonyl (C=O) groups is 1. The zero-order chi connectivity index (χ0) is 14.9. The van der Waals surface area contributed by atoms with Gasteiger partial charge in [-0.25, -0.2) is 8.42 Å². The minimum absolute atomic E-state index is 0.0375. The lowest BCUT2D eigenvalue weighted by Crippen LogP contribution is -2.38. The van der Waals surface area contributed by atoms with Crippen molar-refractivity contribution >= 4 is 25.6 Å². The Morgan fingerprint density at radius 3 is 2.70 bits per heavy atom. The largest absolute Gasteiger partial charge is 0.455 e. The Hall–Kier alpha value is -1.01. The highest BCUT2D eigenvalue weighted by Crippen LogP contribution is 2.26. The number of halogens is 1. The van der Waals surface area contributed by atoms with E-state index in [1.165, 1.54) is 13.0 Å². The molecule has 20 heavy (non-hydrogen) atoms. The number of furan rings is 1. The molecule has 0 N–H and O–H groups in total. The first-order valence-electron chi connectivity index (χ1n) is 6.67. The van der Waals surface area contributed by atoms with Crippen molar-refractivity contribution in [3.63, 3.8) is 0 Å². The number of likely N-dealkylation sites (tertiary alicyclic amines) is 1. The van der Waals surface area contributed by atoms with E-state index in [1.54, 1.807) is 4.90 Å². The van der Waals surface area contributed by atoms with Gasteiger partial charge in [-0.1, -0.05) is 12.8 Å². The maximum absolute atomic E-state index is 12.4. The monoisotopic (exact) mass is 319 g/mol. The Morgan fingerprint density at radius 2 is 2.10 bits per heavy atom. The maximum atomic E-state index is 12.4. The molecule has 1 unspecified atom stereocenters. The fraction of sp³-hybridized carbons (Fsp3) is 0.615. The average molecular weight is 320 g/mol. The second-order valence-corrected chi connectivity index (χ2v) is 7.70. The van der Waals surface area contributed by atoms with E-state index in [0.717, 1.165) is 25.7 Å². The van der Waals surface area contributed by atoms with Crippen LogP contribution in [-0.2, 0) is 9.05 Å². The van der Waals surface area contributed by atoms with Crippen LogP contribution in [0.4, 0.5) is 0 Å². The van der Waals surface area contributed by atoms with Crippen molar-refractivity contribution < 1.29 is 17.6 Å². The molecule has 1 atom stereocenters. The van der Waals surface area contributed by atoms with Gasteiger partial charge in [0.25, 0.3) is 15.0 Å². The lowest BCUT2D eigenvalue weighted by atomic mass is 10.1. The van der Waals surface area contributed by atoms with Crippen LogP contribution in [0, 0.1) is 6.92 Å². The third-order valence-corrected chi connectivity index (χ3v) is 5.09. The molecule has 0 spiro atoms. The number of amides is 1. The van der Waals surface area contributed by atoms with Crippen LogP contribution in [0.3, 0.4) is 0 Å². The van der Waals surface area contributed by atoms with Gasteiger partial charge >= 0.3 is 0 Å². The maximum Gasteiger partial charge on any atom is 0.289 e. The van der Waals surface area contributed by atoms with Crippen molar-refractivity contribution in [2.75, 3.05) is 6.54 Å². The van der Waals surface area contributed by atoms with Crippen molar-refractivity contribution in [2.45, 2.75) is 50.5 Å². The van der Waals surface area contributed by atoms with Gasteiger partial charge in [-0.05, 0) is 26.7 Å². The van der Waals surface area contributed by atoms with E-state index in [1.807, 2.05) is 6.92 Å². The molecule has 1 aliphatic rings. The highest BCUT2D eigenvalue weighted by Gasteiger charge is 2.28. The van der Waals surface area contributed by atoms with Crippen molar-refractivity contribution in [3.05, 3.63) is 17.6 Å². The molecular weight excluding hydrogens is 302 g/mol.